The number of rotatable bonds is 9. The zero-order valence-corrected chi connectivity index (χ0v) is 22.5. The zero-order valence-electron chi connectivity index (χ0n) is 21.6. The van der Waals surface area contributed by atoms with Crippen LogP contribution in [0.5, 0.6) is 0 Å². The van der Waals surface area contributed by atoms with E-state index in [0.717, 1.165) is 0 Å². The van der Waals surface area contributed by atoms with E-state index >= 15 is 4.57 Å². The summed E-state index contributed by atoms with van der Waals surface area (Å²) >= 11 is 0. The summed E-state index contributed by atoms with van der Waals surface area (Å²) in [6, 6.07) is 36.3. The van der Waals surface area contributed by atoms with Gasteiger partial charge >= 0.3 is 0 Å². The molecule has 0 aliphatic carbocycles. The molecule has 4 aromatic rings. The highest BCUT2D eigenvalue weighted by molar-refractivity contribution is 7.87. The fraction of sp³-hybridized carbons (Fsp3) is 0.125. The first-order chi connectivity index (χ1) is 18.5. The van der Waals surface area contributed by atoms with Gasteiger partial charge < -0.3 is 14.8 Å². The molecule has 4 aromatic carbocycles. The number of nitrogens with one attached hydrogen (secondary N) is 1. The van der Waals surface area contributed by atoms with Gasteiger partial charge in [0.15, 0.2) is 7.14 Å². The van der Waals surface area contributed by atoms with Gasteiger partial charge in [0.1, 0.15) is 5.70 Å². The first-order valence-electron chi connectivity index (χ1n) is 12.7. The fourth-order valence-corrected chi connectivity index (χ4v) is 7.40. The number of benzene rings is 4. The molecule has 4 rings (SSSR count). The van der Waals surface area contributed by atoms with E-state index in [9.17, 15) is 9.59 Å². The smallest absolute Gasteiger partial charge is 0.271 e. The summed E-state index contributed by atoms with van der Waals surface area (Å²) in [5.74, 6) is -0.826. The number of hydrogen-bond donors (Lipinski definition) is 1. The van der Waals surface area contributed by atoms with Crippen molar-refractivity contribution >= 4 is 34.9 Å². The number of nitrogens with zero attached hydrogens (tertiary/aromatic N) is 1. The number of hydrogen-bond acceptors (Lipinski definition) is 3. The van der Waals surface area contributed by atoms with Crippen LogP contribution in [0.25, 0.3) is 5.31 Å². The molecule has 0 radical (unpaired) electrons. The van der Waals surface area contributed by atoms with Crippen molar-refractivity contribution in [2.75, 3.05) is 13.1 Å². The van der Waals surface area contributed by atoms with Gasteiger partial charge in [-0.3, -0.25) is 9.59 Å². The van der Waals surface area contributed by atoms with Crippen molar-refractivity contribution in [3.05, 3.63) is 138 Å². The van der Waals surface area contributed by atoms with E-state index in [0.29, 0.717) is 40.1 Å². The van der Waals surface area contributed by atoms with Crippen molar-refractivity contribution in [1.82, 2.24) is 10.2 Å². The Kier molecular flexibility index (Phi) is 8.73. The lowest BCUT2D eigenvalue weighted by atomic mass is 10.1. The Balaban J connectivity index is 2.10. The summed E-state index contributed by atoms with van der Waals surface area (Å²) in [6.45, 7) is 4.63. The summed E-state index contributed by atoms with van der Waals surface area (Å²) in [7, 11) is -3.66. The second-order valence-corrected chi connectivity index (χ2v) is 11.4. The Morgan fingerprint density at radius 2 is 1.03 bits per heavy atom. The van der Waals surface area contributed by atoms with Crippen LogP contribution >= 0.6 is 7.14 Å². The summed E-state index contributed by atoms with van der Waals surface area (Å²) in [5.41, 5.74) is 1.02. The summed E-state index contributed by atoms with van der Waals surface area (Å²) in [6.07, 6.45) is 0. The molecule has 0 saturated carbocycles. The maximum atomic E-state index is 15.6. The van der Waals surface area contributed by atoms with E-state index < -0.39 is 13.0 Å². The van der Waals surface area contributed by atoms with Crippen molar-refractivity contribution < 1.29 is 14.2 Å². The number of likely N-dealkylation sites (N-methyl/N-ethyl adjacent to an activating group) is 1. The van der Waals surface area contributed by atoms with E-state index in [-0.39, 0.29) is 11.6 Å². The molecule has 38 heavy (non-hydrogen) atoms. The molecule has 0 atom stereocenters. The van der Waals surface area contributed by atoms with Gasteiger partial charge in [-0.1, -0.05) is 109 Å². The molecule has 0 bridgehead atoms. The van der Waals surface area contributed by atoms with Gasteiger partial charge in [0, 0.05) is 29.3 Å². The lowest BCUT2D eigenvalue weighted by Crippen LogP contribution is -2.39. The standard InChI is InChI=1S/C32H31N2O3P/c1-3-34(4-2)32(36)29(33-31(35)26-19-11-6-12-20-26)30(25-17-9-5-10-18-25)38(37,27-21-13-7-14-22-27)28-23-15-8-16-24-28/h5-24H,3-4H2,1-2H3,(H,33,35)/b30-29-. The lowest BCUT2D eigenvalue weighted by Gasteiger charge is -2.28. The molecule has 0 aliphatic heterocycles. The number of amides is 2. The molecule has 0 aliphatic rings. The van der Waals surface area contributed by atoms with E-state index in [2.05, 4.69) is 5.32 Å². The second-order valence-electron chi connectivity index (χ2n) is 8.67. The van der Waals surface area contributed by atoms with Gasteiger partial charge in [-0.15, -0.1) is 0 Å². The van der Waals surface area contributed by atoms with Crippen molar-refractivity contribution in [3.63, 3.8) is 0 Å². The van der Waals surface area contributed by atoms with Crippen molar-refractivity contribution in [2.45, 2.75) is 13.8 Å². The minimum absolute atomic E-state index is 0.0183. The summed E-state index contributed by atoms with van der Waals surface area (Å²) < 4.78 is 15.6. The number of carbonyl (C=O) groups is 2. The Hall–Kier alpha value is -4.21. The highest BCUT2D eigenvalue weighted by atomic mass is 31.2. The first-order valence-corrected chi connectivity index (χ1v) is 14.4. The summed E-state index contributed by atoms with van der Waals surface area (Å²) in [5, 5.41) is 4.35. The van der Waals surface area contributed by atoms with Crippen LogP contribution in [0.1, 0.15) is 29.8 Å². The van der Waals surface area contributed by atoms with Crippen LogP contribution < -0.4 is 15.9 Å². The van der Waals surface area contributed by atoms with Crippen LogP contribution in [0.15, 0.2) is 127 Å². The Labute approximate surface area is 224 Å². The van der Waals surface area contributed by atoms with Crippen LogP contribution in [0.4, 0.5) is 0 Å². The SMILES string of the molecule is CCN(CC)C(=O)/C(NC(=O)c1ccccc1)=C(\c1ccccc1)P(=O)(c1ccccc1)c1ccccc1. The fourth-order valence-electron chi connectivity index (χ4n) is 4.42. The summed E-state index contributed by atoms with van der Waals surface area (Å²) in [4.78, 5) is 29.2. The van der Waals surface area contributed by atoms with E-state index in [1.54, 1.807) is 29.2 Å². The molecule has 6 heteroatoms. The molecule has 192 valence electrons. The third kappa shape index (κ3) is 5.53. The predicted octanol–water partition coefficient (Wildman–Crippen LogP) is 5.67. The van der Waals surface area contributed by atoms with Crippen molar-refractivity contribution in [2.24, 2.45) is 0 Å². The van der Waals surface area contributed by atoms with Crippen LogP contribution in [0.3, 0.4) is 0 Å². The van der Waals surface area contributed by atoms with E-state index in [1.165, 1.54) is 0 Å². The average Bonchev–Trinajstić information content (AvgIpc) is 2.99. The molecule has 2 amide bonds. The maximum Gasteiger partial charge on any atom is 0.271 e. The van der Waals surface area contributed by atoms with Gasteiger partial charge in [0.2, 0.25) is 0 Å². The van der Waals surface area contributed by atoms with Crippen LogP contribution in [-0.2, 0) is 9.36 Å². The van der Waals surface area contributed by atoms with Crippen LogP contribution in [0, 0.1) is 0 Å². The van der Waals surface area contributed by atoms with E-state index in [1.807, 2.05) is 111 Å². The van der Waals surface area contributed by atoms with Gasteiger partial charge in [-0.2, -0.15) is 0 Å². The third-order valence-corrected chi connectivity index (χ3v) is 9.54. The second kappa shape index (κ2) is 12.4. The maximum absolute atomic E-state index is 15.6. The molecule has 1 N–H and O–H groups in total. The minimum atomic E-state index is -3.66. The Bertz CT molecular complexity index is 1410. The Morgan fingerprint density at radius 1 is 0.632 bits per heavy atom. The van der Waals surface area contributed by atoms with Crippen molar-refractivity contribution in [1.29, 1.82) is 0 Å². The van der Waals surface area contributed by atoms with Crippen molar-refractivity contribution in [3.8, 4) is 0 Å². The van der Waals surface area contributed by atoms with Gasteiger partial charge in [-0.05, 0) is 31.5 Å². The molecular weight excluding hydrogens is 491 g/mol. The van der Waals surface area contributed by atoms with Crippen LogP contribution in [-0.4, -0.2) is 29.8 Å². The quantitative estimate of drug-likeness (QED) is 0.228. The normalized spacial score (nSPS) is 11.8. The van der Waals surface area contributed by atoms with Gasteiger partial charge in [0.05, 0.1) is 5.31 Å². The molecule has 0 fully saturated rings. The molecule has 0 heterocycles. The van der Waals surface area contributed by atoms with E-state index in [4.69, 9.17) is 0 Å². The third-order valence-electron chi connectivity index (χ3n) is 6.38. The van der Waals surface area contributed by atoms with Gasteiger partial charge in [-0.25, -0.2) is 0 Å². The zero-order chi connectivity index (χ0) is 27.0. The Morgan fingerprint density at radius 3 is 1.45 bits per heavy atom. The molecule has 0 spiro atoms. The highest BCUT2D eigenvalue weighted by Crippen LogP contribution is 2.57. The number of carbonyl (C=O) groups excluding carboxylic acids is 2. The molecule has 0 unspecified atom stereocenters. The van der Waals surface area contributed by atoms with Crippen LogP contribution in [0.2, 0.25) is 0 Å². The topological polar surface area (TPSA) is 66.5 Å². The predicted molar refractivity (Wildman–Crippen MR) is 155 cm³/mol. The minimum Gasteiger partial charge on any atom is -0.338 e. The first kappa shape index (κ1) is 26.8. The molecule has 5 nitrogen and oxygen atoms in total. The molecular formula is C32H31N2O3P. The lowest BCUT2D eigenvalue weighted by molar-refractivity contribution is -0.127. The average molecular weight is 523 g/mol. The molecule has 0 aromatic heterocycles. The highest BCUT2D eigenvalue weighted by Gasteiger charge is 2.38. The van der Waals surface area contributed by atoms with Gasteiger partial charge in [0.25, 0.3) is 11.8 Å². The largest absolute Gasteiger partial charge is 0.338 e. The monoisotopic (exact) mass is 522 g/mol. The molecule has 0 saturated heterocycles.